The van der Waals surface area contributed by atoms with E-state index in [9.17, 15) is 9.18 Å². The summed E-state index contributed by atoms with van der Waals surface area (Å²) in [5, 5.41) is 0.104. The summed E-state index contributed by atoms with van der Waals surface area (Å²) < 4.78 is 19.4. The van der Waals surface area contributed by atoms with Crippen LogP contribution in [0.25, 0.3) is 0 Å². The summed E-state index contributed by atoms with van der Waals surface area (Å²) in [7, 11) is -1.92. The zero-order valence-electron chi connectivity index (χ0n) is 13.1. The van der Waals surface area contributed by atoms with Crippen molar-refractivity contribution in [1.82, 2.24) is 0 Å². The largest absolute Gasteiger partial charge is 0.410 e. The summed E-state index contributed by atoms with van der Waals surface area (Å²) in [6.45, 7) is 10.9. The van der Waals surface area contributed by atoms with E-state index in [0.717, 1.165) is 11.8 Å². The van der Waals surface area contributed by atoms with Crippen molar-refractivity contribution >= 4 is 14.6 Å². The smallest absolute Gasteiger partial charge is 0.192 e. The molecule has 112 valence electrons. The van der Waals surface area contributed by atoms with Crippen LogP contribution in [0.1, 0.15) is 45.3 Å². The summed E-state index contributed by atoms with van der Waals surface area (Å²) in [4.78, 5) is 10.7. The van der Waals surface area contributed by atoms with Crippen LogP contribution in [0.2, 0.25) is 18.1 Å². The van der Waals surface area contributed by atoms with Crippen molar-refractivity contribution in [3.8, 4) is 0 Å². The van der Waals surface area contributed by atoms with Crippen LogP contribution in [0.5, 0.6) is 0 Å². The number of hydrogen-bond donors (Lipinski definition) is 0. The van der Waals surface area contributed by atoms with Crippen LogP contribution in [0.15, 0.2) is 24.3 Å². The van der Waals surface area contributed by atoms with Crippen molar-refractivity contribution in [1.29, 1.82) is 0 Å². The van der Waals surface area contributed by atoms with Gasteiger partial charge in [-0.3, -0.25) is 0 Å². The van der Waals surface area contributed by atoms with Gasteiger partial charge in [0.15, 0.2) is 8.32 Å². The highest BCUT2D eigenvalue weighted by Gasteiger charge is 2.39. The van der Waals surface area contributed by atoms with Gasteiger partial charge >= 0.3 is 0 Å². The number of aldehydes is 1. The number of benzene rings is 1. The van der Waals surface area contributed by atoms with E-state index in [1.807, 2.05) is 0 Å². The molecule has 2 nitrogen and oxygen atoms in total. The van der Waals surface area contributed by atoms with Gasteiger partial charge in [-0.25, -0.2) is 4.39 Å². The summed E-state index contributed by atoms with van der Waals surface area (Å²) in [6, 6.07) is 6.38. The maximum absolute atomic E-state index is 13.0. The Labute approximate surface area is 122 Å². The fourth-order valence-electron chi connectivity index (χ4n) is 1.72. The van der Waals surface area contributed by atoms with Crippen molar-refractivity contribution in [3.05, 3.63) is 35.6 Å². The van der Waals surface area contributed by atoms with Gasteiger partial charge in [-0.05, 0) is 42.2 Å². The van der Waals surface area contributed by atoms with Crippen molar-refractivity contribution < 1.29 is 13.6 Å². The van der Waals surface area contributed by atoms with Crippen LogP contribution in [0.3, 0.4) is 0 Å². The van der Waals surface area contributed by atoms with Gasteiger partial charge in [0.05, 0.1) is 6.10 Å². The zero-order valence-corrected chi connectivity index (χ0v) is 14.1. The number of carbonyl (C=O) groups is 1. The Bertz CT molecular complexity index is 435. The highest BCUT2D eigenvalue weighted by molar-refractivity contribution is 6.74. The molecule has 1 atom stereocenters. The highest BCUT2D eigenvalue weighted by atomic mass is 28.4. The summed E-state index contributed by atoms with van der Waals surface area (Å²) >= 11 is 0. The van der Waals surface area contributed by atoms with Crippen LogP contribution in [0, 0.1) is 5.82 Å². The second-order valence-electron chi connectivity index (χ2n) is 6.66. The maximum Gasteiger partial charge on any atom is 0.192 e. The van der Waals surface area contributed by atoms with E-state index in [1.165, 1.54) is 12.1 Å². The fourth-order valence-corrected chi connectivity index (χ4v) is 3.04. The molecule has 0 radical (unpaired) electrons. The molecule has 0 aliphatic rings. The van der Waals surface area contributed by atoms with E-state index >= 15 is 0 Å². The molecule has 20 heavy (non-hydrogen) atoms. The molecule has 0 saturated heterocycles. The van der Waals surface area contributed by atoms with E-state index in [2.05, 4.69) is 33.9 Å². The van der Waals surface area contributed by atoms with Crippen LogP contribution >= 0.6 is 0 Å². The molecule has 4 heteroatoms. The molecule has 0 aromatic heterocycles. The van der Waals surface area contributed by atoms with E-state index in [0.29, 0.717) is 12.8 Å². The van der Waals surface area contributed by atoms with Gasteiger partial charge in [0.25, 0.3) is 0 Å². The van der Waals surface area contributed by atoms with Crippen molar-refractivity contribution in [2.75, 3.05) is 0 Å². The number of carbonyl (C=O) groups excluding carboxylic acids is 1. The normalized spacial score (nSPS) is 14.1. The third-order valence-corrected chi connectivity index (χ3v) is 8.52. The Morgan fingerprint density at radius 1 is 1.25 bits per heavy atom. The number of halogens is 1. The molecule has 0 saturated carbocycles. The topological polar surface area (TPSA) is 26.3 Å². The van der Waals surface area contributed by atoms with E-state index in [-0.39, 0.29) is 17.0 Å². The van der Waals surface area contributed by atoms with Crippen molar-refractivity contribution in [3.63, 3.8) is 0 Å². The number of hydrogen-bond acceptors (Lipinski definition) is 2. The lowest BCUT2D eigenvalue weighted by atomic mass is 10.1. The van der Waals surface area contributed by atoms with Gasteiger partial charge < -0.3 is 9.22 Å². The average Bonchev–Trinajstić information content (AvgIpc) is 2.34. The van der Waals surface area contributed by atoms with Crippen molar-refractivity contribution in [2.45, 2.75) is 57.8 Å². The Balaban J connectivity index is 2.95. The molecule has 0 aliphatic carbocycles. The Morgan fingerprint density at radius 3 is 2.25 bits per heavy atom. The molecule has 0 amide bonds. The molecule has 0 N–H and O–H groups in total. The Kier molecular flexibility index (Phi) is 5.65. The summed E-state index contributed by atoms with van der Waals surface area (Å²) in [6.07, 6.45) is 1.87. The molecule has 0 heterocycles. The lowest BCUT2D eigenvalue weighted by Gasteiger charge is -2.39. The second kappa shape index (κ2) is 6.63. The van der Waals surface area contributed by atoms with Gasteiger partial charge in [-0.1, -0.05) is 32.9 Å². The Morgan fingerprint density at radius 2 is 1.80 bits per heavy atom. The van der Waals surface area contributed by atoms with Gasteiger partial charge in [-0.15, -0.1) is 0 Å². The standard InChI is InChI=1S/C16H25FO2Si/c1-16(2,3)20(4,5)19-15(7-6-12-18)13-8-10-14(17)11-9-13/h8-12,15H,6-7H2,1-5H3/t15-/m0/s1. The van der Waals surface area contributed by atoms with Gasteiger partial charge in [0.2, 0.25) is 0 Å². The zero-order chi connectivity index (χ0) is 15.4. The molecule has 0 fully saturated rings. The molecule has 0 unspecified atom stereocenters. The van der Waals surface area contributed by atoms with E-state index in [1.54, 1.807) is 12.1 Å². The first-order valence-electron chi connectivity index (χ1n) is 7.04. The molecular weight excluding hydrogens is 271 g/mol. The van der Waals surface area contributed by atoms with Crippen molar-refractivity contribution in [2.24, 2.45) is 0 Å². The van der Waals surface area contributed by atoms with Gasteiger partial charge in [-0.2, -0.15) is 0 Å². The SMILES string of the molecule is CC(C)(C)[Si](C)(C)O[C@@H](CCC=O)c1ccc(F)cc1. The molecule has 0 bridgehead atoms. The van der Waals surface area contributed by atoms with Gasteiger partial charge in [0.1, 0.15) is 12.1 Å². The first kappa shape index (κ1) is 17.0. The first-order valence-corrected chi connectivity index (χ1v) is 9.95. The summed E-state index contributed by atoms with van der Waals surface area (Å²) in [5.74, 6) is -0.254. The van der Waals surface area contributed by atoms with Crippen LogP contribution in [-0.4, -0.2) is 14.6 Å². The van der Waals surface area contributed by atoms with E-state index < -0.39 is 8.32 Å². The van der Waals surface area contributed by atoms with Gasteiger partial charge in [0, 0.05) is 6.42 Å². The summed E-state index contributed by atoms with van der Waals surface area (Å²) in [5.41, 5.74) is 0.943. The average molecular weight is 296 g/mol. The minimum atomic E-state index is -1.92. The molecule has 1 aromatic carbocycles. The van der Waals surface area contributed by atoms with Crippen LogP contribution < -0.4 is 0 Å². The predicted molar refractivity (Wildman–Crippen MR) is 82.7 cm³/mol. The van der Waals surface area contributed by atoms with Crippen LogP contribution in [0.4, 0.5) is 4.39 Å². The Hall–Kier alpha value is -1.00. The molecule has 1 rings (SSSR count). The monoisotopic (exact) mass is 296 g/mol. The minimum Gasteiger partial charge on any atom is -0.410 e. The third-order valence-electron chi connectivity index (χ3n) is 4.03. The van der Waals surface area contributed by atoms with Crippen LogP contribution in [-0.2, 0) is 9.22 Å². The lowest BCUT2D eigenvalue weighted by Crippen LogP contribution is -2.41. The molecule has 1 aromatic rings. The second-order valence-corrected chi connectivity index (χ2v) is 11.4. The predicted octanol–water partition coefficient (Wildman–Crippen LogP) is 4.87. The first-order chi connectivity index (χ1) is 9.17. The maximum atomic E-state index is 13.0. The quantitative estimate of drug-likeness (QED) is 0.553. The number of rotatable bonds is 6. The molecular formula is C16H25FO2Si. The third kappa shape index (κ3) is 4.53. The lowest BCUT2D eigenvalue weighted by molar-refractivity contribution is -0.108. The molecule has 0 aliphatic heterocycles. The fraction of sp³-hybridized carbons (Fsp3) is 0.562. The highest BCUT2D eigenvalue weighted by Crippen LogP contribution is 2.40. The minimum absolute atomic E-state index is 0.104. The van der Waals surface area contributed by atoms with E-state index in [4.69, 9.17) is 4.43 Å². The molecule has 0 spiro atoms.